The summed E-state index contributed by atoms with van der Waals surface area (Å²) in [6.07, 6.45) is 0.794. The number of carbonyl (C=O) groups excluding carboxylic acids is 3. The molecular weight excluding hydrogens is 419 g/mol. The van der Waals surface area contributed by atoms with Crippen molar-refractivity contribution < 1.29 is 23.5 Å². The predicted octanol–water partition coefficient (Wildman–Crippen LogP) is 4.95. The summed E-state index contributed by atoms with van der Waals surface area (Å²) >= 11 is 1.33. The number of rotatable bonds is 6. The molecule has 6 nitrogen and oxygen atoms in total. The van der Waals surface area contributed by atoms with E-state index < -0.39 is 11.8 Å². The minimum atomic E-state index is -0.797. The molecule has 1 fully saturated rings. The van der Waals surface area contributed by atoms with Crippen molar-refractivity contribution in [2.45, 2.75) is 13.3 Å². The smallest absolute Gasteiger partial charge is 0.345 e. The van der Waals surface area contributed by atoms with Gasteiger partial charge in [0, 0.05) is 11.6 Å². The van der Waals surface area contributed by atoms with Crippen LogP contribution in [0.5, 0.6) is 5.75 Å². The van der Waals surface area contributed by atoms with Crippen molar-refractivity contribution in [2.75, 3.05) is 10.6 Å². The Hall–Kier alpha value is -3.52. The summed E-state index contributed by atoms with van der Waals surface area (Å²) in [5, 5.41) is 7.25. The molecule has 2 unspecified atom stereocenters. The van der Waals surface area contributed by atoms with E-state index in [0.29, 0.717) is 16.5 Å². The van der Waals surface area contributed by atoms with E-state index in [9.17, 15) is 18.8 Å². The van der Waals surface area contributed by atoms with E-state index in [2.05, 4.69) is 10.6 Å². The summed E-state index contributed by atoms with van der Waals surface area (Å²) in [6, 6.07) is 13.3. The Labute approximate surface area is 182 Å². The van der Waals surface area contributed by atoms with Gasteiger partial charge in [0.25, 0.3) is 5.91 Å². The summed E-state index contributed by atoms with van der Waals surface area (Å²) < 4.78 is 19.1. The molecule has 0 aliphatic heterocycles. The molecule has 3 aromatic rings. The second-order valence-corrected chi connectivity index (χ2v) is 8.29. The first kappa shape index (κ1) is 20.7. The number of anilines is 2. The Morgan fingerprint density at radius 2 is 1.81 bits per heavy atom. The van der Waals surface area contributed by atoms with Gasteiger partial charge in [-0.2, -0.15) is 0 Å². The first-order chi connectivity index (χ1) is 14.9. The molecule has 1 heterocycles. The molecule has 2 amide bonds. The molecule has 2 aromatic carbocycles. The number of halogens is 1. The quantitative estimate of drug-likeness (QED) is 0.421. The highest BCUT2D eigenvalue weighted by Gasteiger charge is 2.39. The molecule has 1 saturated carbocycles. The minimum absolute atomic E-state index is 0.0725. The zero-order valence-corrected chi connectivity index (χ0v) is 17.4. The van der Waals surface area contributed by atoms with Gasteiger partial charge in [-0.3, -0.25) is 9.59 Å². The summed E-state index contributed by atoms with van der Waals surface area (Å²) in [5.41, 5.74) is 0.669. The highest BCUT2D eigenvalue weighted by Crippen LogP contribution is 2.38. The Morgan fingerprint density at radius 1 is 1.06 bits per heavy atom. The monoisotopic (exact) mass is 438 g/mol. The molecule has 0 radical (unpaired) electrons. The lowest BCUT2D eigenvalue weighted by Crippen LogP contribution is -2.19. The lowest BCUT2D eigenvalue weighted by atomic mass is 10.1. The average molecular weight is 438 g/mol. The third-order valence-corrected chi connectivity index (χ3v) is 5.84. The van der Waals surface area contributed by atoms with E-state index >= 15 is 0 Å². The molecule has 0 bridgehead atoms. The molecule has 2 atom stereocenters. The Bertz CT molecular complexity index is 1130. The van der Waals surface area contributed by atoms with Gasteiger partial charge in [-0.15, -0.1) is 11.3 Å². The largest absolute Gasteiger partial charge is 0.423 e. The summed E-state index contributed by atoms with van der Waals surface area (Å²) in [7, 11) is 0. The fraction of sp³-hybridized carbons (Fsp3) is 0.174. The van der Waals surface area contributed by atoms with Crippen molar-refractivity contribution >= 4 is 40.5 Å². The highest BCUT2D eigenvalue weighted by molar-refractivity contribution is 7.12. The molecule has 1 aliphatic carbocycles. The molecule has 158 valence electrons. The average Bonchev–Trinajstić information content (AvgIpc) is 3.24. The first-order valence-corrected chi connectivity index (χ1v) is 10.6. The zero-order valence-electron chi connectivity index (χ0n) is 16.6. The van der Waals surface area contributed by atoms with Gasteiger partial charge in [-0.25, -0.2) is 9.18 Å². The van der Waals surface area contributed by atoms with Gasteiger partial charge < -0.3 is 15.4 Å². The fourth-order valence-corrected chi connectivity index (χ4v) is 3.69. The van der Waals surface area contributed by atoms with E-state index in [0.717, 1.165) is 12.5 Å². The van der Waals surface area contributed by atoms with Crippen LogP contribution >= 0.6 is 11.3 Å². The SMILES string of the molecule is CC1CC1C(=O)Nc1ccc(F)cc1C(=O)Oc1ccc(NC(=O)c2cccs2)cc1. The van der Waals surface area contributed by atoms with Crippen LogP contribution in [0, 0.1) is 17.7 Å². The first-order valence-electron chi connectivity index (χ1n) is 9.68. The Balaban J connectivity index is 1.43. The number of esters is 1. The third-order valence-electron chi connectivity index (χ3n) is 4.97. The van der Waals surface area contributed by atoms with Gasteiger partial charge in [0.1, 0.15) is 11.6 Å². The molecule has 0 saturated heterocycles. The van der Waals surface area contributed by atoms with Crippen LogP contribution in [0.2, 0.25) is 0 Å². The number of amides is 2. The van der Waals surface area contributed by atoms with Crippen molar-refractivity contribution in [3.8, 4) is 5.75 Å². The lowest BCUT2D eigenvalue weighted by molar-refractivity contribution is -0.117. The van der Waals surface area contributed by atoms with Gasteiger partial charge in [0.15, 0.2) is 0 Å². The summed E-state index contributed by atoms with van der Waals surface area (Å²) in [4.78, 5) is 37.5. The second-order valence-electron chi connectivity index (χ2n) is 7.34. The van der Waals surface area contributed by atoms with Crippen LogP contribution in [-0.2, 0) is 4.79 Å². The number of ether oxygens (including phenoxy) is 1. The maximum atomic E-state index is 13.7. The summed E-state index contributed by atoms with van der Waals surface area (Å²) in [6.45, 7) is 1.97. The second kappa shape index (κ2) is 8.69. The standard InChI is InChI=1S/C23H19FN2O4S/c1-13-11-17(13)21(27)26-19-9-4-14(24)12-18(19)23(29)30-16-7-5-15(6-8-16)25-22(28)20-3-2-10-31-20/h2-10,12-13,17H,11H2,1H3,(H,25,28)(H,26,27). The summed E-state index contributed by atoms with van der Waals surface area (Å²) in [5.74, 6) is -1.41. The Morgan fingerprint density at radius 3 is 2.45 bits per heavy atom. The maximum absolute atomic E-state index is 13.7. The maximum Gasteiger partial charge on any atom is 0.345 e. The predicted molar refractivity (Wildman–Crippen MR) is 116 cm³/mol. The number of hydrogen-bond donors (Lipinski definition) is 2. The fourth-order valence-electron chi connectivity index (χ4n) is 3.08. The topological polar surface area (TPSA) is 84.5 Å². The van der Waals surface area contributed by atoms with Crippen LogP contribution in [0.25, 0.3) is 0 Å². The van der Waals surface area contributed by atoms with Crippen LogP contribution in [0.3, 0.4) is 0 Å². The molecule has 2 N–H and O–H groups in total. The molecule has 8 heteroatoms. The van der Waals surface area contributed by atoms with Crippen LogP contribution < -0.4 is 15.4 Å². The normalized spacial score (nSPS) is 17.0. The van der Waals surface area contributed by atoms with Gasteiger partial charge in [-0.1, -0.05) is 13.0 Å². The van der Waals surface area contributed by atoms with Crippen molar-refractivity contribution in [1.82, 2.24) is 0 Å². The number of nitrogens with one attached hydrogen (secondary N) is 2. The molecule has 4 rings (SSSR count). The van der Waals surface area contributed by atoms with Crippen LogP contribution in [-0.4, -0.2) is 17.8 Å². The van der Waals surface area contributed by atoms with Crippen molar-refractivity contribution in [3.05, 3.63) is 76.2 Å². The van der Waals surface area contributed by atoms with Gasteiger partial charge >= 0.3 is 5.97 Å². The van der Waals surface area contributed by atoms with Crippen LogP contribution in [0.1, 0.15) is 33.4 Å². The molecule has 1 aromatic heterocycles. The van der Waals surface area contributed by atoms with Crippen LogP contribution in [0.15, 0.2) is 60.0 Å². The number of hydrogen-bond acceptors (Lipinski definition) is 5. The van der Waals surface area contributed by atoms with E-state index in [1.807, 2.05) is 12.3 Å². The van der Waals surface area contributed by atoms with E-state index in [1.165, 1.54) is 35.6 Å². The highest BCUT2D eigenvalue weighted by atomic mass is 32.1. The van der Waals surface area contributed by atoms with Gasteiger partial charge in [0.05, 0.1) is 16.1 Å². The van der Waals surface area contributed by atoms with Crippen molar-refractivity contribution in [1.29, 1.82) is 0 Å². The molecule has 1 aliphatic rings. The third kappa shape index (κ3) is 4.97. The van der Waals surface area contributed by atoms with Crippen molar-refractivity contribution in [2.24, 2.45) is 11.8 Å². The van der Waals surface area contributed by atoms with Crippen molar-refractivity contribution in [3.63, 3.8) is 0 Å². The molecular formula is C23H19FN2O4S. The lowest BCUT2D eigenvalue weighted by Gasteiger charge is -2.11. The molecule has 0 spiro atoms. The zero-order chi connectivity index (χ0) is 22.0. The number of thiophene rings is 1. The Kier molecular flexibility index (Phi) is 5.81. The van der Waals surface area contributed by atoms with E-state index in [4.69, 9.17) is 4.74 Å². The van der Waals surface area contributed by atoms with E-state index in [1.54, 1.807) is 24.3 Å². The van der Waals surface area contributed by atoms with Crippen LogP contribution in [0.4, 0.5) is 15.8 Å². The van der Waals surface area contributed by atoms with E-state index in [-0.39, 0.29) is 34.7 Å². The number of carbonyl (C=O) groups is 3. The van der Waals surface area contributed by atoms with Gasteiger partial charge in [-0.05, 0) is 66.2 Å². The minimum Gasteiger partial charge on any atom is -0.423 e. The van der Waals surface area contributed by atoms with Gasteiger partial charge in [0.2, 0.25) is 5.91 Å². The number of benzene rings is 2. The molecule has 31 heavy (non-hydrogen) atoms.